The number of aliphatic carboxylic acids is 1. The van der Waals surface area contributed by atoms with E-state index in [1.165, 1.54) is 0 Å². The normalized spacial score (nSPS) is 28.7. The predicted octanol–water partition coefficient (Wildman–Crippen LogP) is 0.806. The number of aliphatic hydroxyl groups is 1. The van der Waals surface area contributed by atoms with Gasteiger partial charge in [-0.15, -0.1) is 0 Å². The van der Waals surface area contributed by atoms with Crippen molar-refractivity contribution >= 4 is 5.97 Å². The second-order valence-electron chi connectivity index (χ2n) is 5.15. The number of hydrogen-bond acceptors (Lipinski definition) is 4. The number of carboxylic acid groups (broad SMARTS) is 1. The quantitative estimate of drug-likeness (QED) is 0.561. The summed E-state index contributed by atoms with van der Waals surface area (Å²) in [4.78, 5) is 13.7. The number of nitrogens with zero attached hydrogens (tertiary/aromatic N) is 1. The highest BCUT2D eigenvalue weighted by atomic mass is 16.4. The Labute approximate surface area is 109 Å². The molecular weight excluding hydrogens is 232 g/mol. The molecule has 106 valence electrons. The summed E-state index contributed by atoms with van der Waals surface area (Å²) in [7, 11) is 0. The Bertz CT molecular complexity index is 273. The van der Waals surface area contributed by atoms with Crippen LogP contribution in [-0.2, 0) is 4.79 Å². The fourth-order valence-corrected chi connectivity index (χ4v) is 2.93. The van der Waals surface area contributed by atoms with Crippen molar-refractivity contribution in [3.05, 3.63) is 0 Å². The van der Waals surface area contributed by atoms with Gasteiger partial charge in [-0.3, -0.25) is 9.69 Å². The number of rotatable bonds is 8. The lowest BCUT2D eigenvalue weighted by Crippen LogP contribution is -2.59. The zero-order chi connectivity index (χ0) is 13.6. The highest BCUT2D eigenvalue weighted by Gasteiger charge is 2.52. The maximum absolute atomic E-state index is 11.7. The SMILES string of the molecule is CCCCC[C@@]1(C(=O)O)C(N)CCN1CCCO. The van der Waals surface area contributed by atoms with Gasteiger partial charge in [-0.05, 0) is 19.3 Å². The van der Waals surface area contributed by atoms with Crippen LogP contribution >= 0.6 is 0 Å². The van der Waals surface area contributed by atoms with Crippen molar-refractivity contribution < 1.29 is 15.0 Å². The first-order valence-electron chi connectivity index (χ1n) is 6.94. The summed E-state index contributed by atoms with van der Waals surface area (Å²) in [5.74, 6) is -0.804. The van der Waals surface area contributed by atoms with E-state index in [-0.39, 0.29) is 12.6 Å². The average molecular weight is 258 g/mol. The van der Waals surface area contributed by atoms with E-state index >= 15 is 0 Å². The molecule has 0 spiro atoms. The van der Waals surface area contributed by atoms with Gasteiger partial charge in [0.2, 0.25) is 0 Å². The van der Waals surface area contributed by atoms with E-state index in [2.05, 4.69) is 6.92 Å². The largest absolute Gasteiger partial charge is 0.480 e. The number of hydrogen-bond donors (Lipinski definition) is 3. The third kappa shape index (κ3) is 3.02. The van der Waals surface area contributed by atoms with Gasteiger partial charge < -0.3 is 15.9 Å². The maximum Gasteiger partial charge on any atom is 0.325 e. The van der Waals surface area contributed by atoms with Crippen LogP contribution in [0.3, 0.4) is 0 Å². The Kier molecular flexibility index (Phi) is 6.05. The highest BCUT2D eigenvalue weighted by Crippen LogP contribution is 2.34. The number of aliphatic hydroxyl groups excluding tert-OH is 1. The summed E-state index contributed by atoms with van der Waals surface area (Å²) in [6.07, 6.45) is 4.95. The molecule has 0 radical (unpaired) electrons. The van der Waals surface area contributed by atoms with Gasteiger partial charge in [-0.1, -0.05) is 26.2 Å². The van der Waals surface area contributed by atoms with Crippen LogP contribution in [0, 0.1) is 0 Å². The molecule has 1 aliphatic heterocycles. The Morgan fingerprint density at radius 2 is 2.17 bits per heavy atom. The van der Waals surface area contributed by atoms with Crippen LogP contribution in [0.2, 0.25) is 0 Å². The van der Waals surface area contributed by atoms with Crippen LogP contribution in [0.4, 0.5) is 0 Å². The number of unbranched alkanes of at least 4 members (excludes halogenated alkanes) is 2. The Balaban J connectivity index is 2.78. The van der Waals surface area contributed by atoms with E-state index in [9.17, 15) is 9.90 Å². The highest BCUT2D eigenvalue weighted by molar-refractivity contribution is 5.80. The predicted molar refractivity (Wildman–Crippen MR) is 70.4 cm³/mol. The smallest absolute Gasteiger partial charge is 0.325 e. The number of carboxylic acids is 1. The van der Waals surface area contributed by atoms with Gasteiger partial charge >= 0.3 is 5.97 Å². The molecule has 0 saturated carbocycles. The second kappa shape index (κ2) is 7.07. The average Bonchev–Trinajstić information content (AvgIpc) is 2.65. The van der Waals surface area contributed by atoms with Gasteiger partial charge in [0.1, 0.15) is 5.54 Å². The van der Waals surface area contributed by atoms with Gasteiger partial charge in [0, 0.05) is 25.7 Å². The van der Waals surface area contributed by atoms with Crippen molar-refractivity contribution in [2.24, 2.45) is 5.73 Å². The minimum Gasteiger partial charge on any atom is -0.480 e. The summed E-state index contributed by atoms with van der Waals surface area (Å²) in [6.45, 7) is 3.53. The van der Waals surface area contributed by atoms with Gasteiger partial charge in [-0.2, -0.15) is 0 Å². The van der Waals surface area contributed by atoms with Crippen molar-refractivity contribution in [2.75, 3.05) is 19.7 Å². The Morgan fingerprint density at radius 3 is 2.72 bits per heavy atom. The molecular formula is C13H26N2O3. The summed E-state index contributed by atoms with van der Waals surface area (Å²) in [6, 6.07) is -0.300. The molecule has 1 fully saturated rings. The van der Waals surface area contributed by atoms with Crippen molar-refractivity contribution in [1.29, 1.82) is 0 Å². The number of nitrogens with two attached hydrogens (primary N) is 1. The van der Waals surface area contributed by atoms with Crippen LogP contribution in [0.5, 0.6) is 0 Å². The van der Waals surface area contributed by atoms with Gasteiger partial charge in [0.25, 0.3) is 0 Å². The first-order valence-corrected chi connectivity index (χ1v) is 6.94. The maximum atomic E-state index is 11.7. The van der Waals surface area contributed by atoms with Crippen molar-refractivity contribution in [3.63, 3.8) is 0 Å². The van der Waals surface area contributed by atoms with Crippen molar-refractivity contribution in [2.45, 2.75) is 57.0 Å². The van der Waals surface area contributed by atoms with Crippen molar-refractivity contribution in [3.8, 4) is 0 Å². The van der Waals surface area contributed by atoms with Crippen LogP contribution in [0.15, 0.2) is 0 Å². The summed E-state index contributed by atoms with van der Waals surface area (Å²) in [5.41, 5.74) is 5.16. The molecule has 0 aromatic carbocycles. The lowest BCUT2D eigenvalue weighted by Gasteiger charge is -2.37. The van der Waals surface area contributed by atoms with Crippen LogP contribution in [-0.4, -0.2) is 52.4 Å². The molecule has 5 heteroatoms. The summed E-state index contributed by atoms with van der Waals surface area (Å²) >= 11 is 0. The topological polar surface area (TPSA) is 86.8 Å². The molecule has 0 aromatic heterocycles. The molecule has 1 unspecified atom stereocenters. The van der Waals surface area contributed by atoms with Gasteiger partial charge in [0.15, 0.2) is 0 Å². The second-order valence-corrected chi connectivity index (χ2v) is 5.15. The molecule has 0 aromatic rings. The molecule has 1 heterocycles. The number of likely N-dealkylation sites (tertiary alicyclic amines) is 1. The van der Waals surface area contributed by atoms with E-state index in [4.69, 9.17) is 10.8 Å². The Morgan fingerprint density at radius 1 is 1.44 bits per heavy atom. The van der Waals surface area contributed by atoms with E-state index < -0.39 is 11.5 Å². The molecule has 1 saturated heterocycles. The van der Waals surface area contributed by atoms with E-state index in [0.29, 0.717) is 19.4 Å². The molecule has 1 aliphatic rings. The Hall–Kier alpha value is -0.650. The first-order chi connectivity index (χ1) is 8.59. The third-order valence-electron chi connectivity index (χ3n) is 4.01. The van der Waals surface area contributed by atoms with E-state index in [1.54, 1.807) is 0 Å². The van der Waals surface area contributed by atoms with Crippen molar-refractivity contribution in [1.82, 2.24) is 4.90 Å². The molecule has 2 atom stereocenters. The lowest BCUT2D eigenvalue weighted by molar-refractivity contribution is -0.151. The molecule has 4 N–H and O–H groups in total. The first kappa shape index (κ1) is 15.4. The molecule has 0 amide bonds. The molecule has 18 heavy (non-hydrogen) atoms. The zero-order valence-corrected chi connectivity index (χ0v) is 11.3. The van der Waals surface area contributed by atoms with Crippen LogP contribution < -0.4 is 5.73 Å². The lowest BCUT2D eigenvalue weighted by atomic mass is 9.85. The van der Waals surface area contributed by atoms with Crippen LogP contribution in [0.25, 0.3) is 0 Å². The van der Waals surface area contributed by atoms with Crippen LogP contribution in [0.1, 0.15) is 45.4 Å². The summed E-state index contributed by atoms with van der Waals surface area (Å²) in [5, 5.41) is 18.5. The molecule has 0 aliphatic carbocycles. The van der Waals surface area contributed by atoms with Gasteiger partial charge in [-0.25, -0.2) is 0 Å². The molecule has 1 rings (SSSR count). The number of carbonyl (C=O) groups is 1. The molecule has 5 nitrogen and oxygen atoms in total. The van der Waals surface area contributed by atoms with Gasteiger partial charge in [0.05, 0.1) is 0 Å². The fourth-order valence-electron chi connectivity index (χ4n) is 2.93. The van der Waals surface area contributed by atoms with E-state index in [0.717, 1.165) is 32.2 Å². The standard InChI is InChI=1S/C13H26N2O3/c1-2-3-4-7-13(12(17)18)11(14)6-9-15(13)8-5-10-16/h11,16H,2-10,14H2,1H3,(H,17,18)/t11?,13-/m0/s1. The zero-order valence-electron chi connectivity index (χ0n) is 11.3. The monoisotopic (exact) mass is 258 g/mol. The fraction of sp³-hybridized carbons (Fsp3) is 0.923. The van der Waals surface area contributed by atoms with E-state index in [1.807, 2.05) is 4.90 Å². The minimum absolute atomic E-state index is 0.0936. The minimum atomic E-state index is -0.912. The molecule has 0 bridgehead atoms. The third-order valence-corrected chi connectivity index (χ3v) is 4.01. The summed E-state index contributed by atoms with van der Waals surface area (Å²) < 4.78 is 0.